The summed E-state index contributed by atoms with van der Waals surface area (Å²) in [6, 6.07) is 8.04. The summed E-state index contributed by atoms with van der Waals surface area (Å²) in [4.78, 5) is 42.9. The highest BCUT2D eigenvalue weighted by Crippen LogP contribution is 2.19. The molecule has 0 heterocycles. The Kier molecular flexibility index (Phi) is 13.0. The summed E-state index contributed by atoms with van der Waals surface area (Å²) >= 11 is 0. The second-order valence-electron chi connectivity index (χ2n) is 11.0. The van der Waals surface area contributed by atoms with E-state index in [2.05, 4.69) is 5.32 Å². The number of nitrogens with zero attached hydrogens (tertiary/aromatic N) is 2. The molecule has 3 amide bonds. The Morgan fingerprint density at radius 1 is 0.771 bits per heavy atom. The number of hydrogen-bond donors (Lipinski definition) is 2. The molecule has 3 N–H and O–H groups in total. The lowest BCUT2D eigenvalue weighted by Gasteiger charge is -2.36. The summed E-state index contributed by atoms with van der Waals surface area (Å²) in [6.45, 7) is 12.7. The third-order valence-electron chi connectivity index (χ3n) is 6.21. The number of rotatable bonds is 14. The first-order valence-corrected chi connectivity index (χ1v) is 13.0. The van der Waals surface area contributed by atoms with Crippen LogP contribution < -0.4 is 11.1 Å². The summed E-state index contributed by atoms with van der Waals surface area (Å²) in [7, 11) is 3.32. The van der Waals surface area contributed by atoms with Crippen LogP contribution in [0.1, 0.15) is 66.4 Å². The van der Waals surface area contributed by atoms with Crippen molar-refractivity contribution in [3.63, 3.8) is 0 Å². The molecule has 0 aromatic heterocycles. The summed E-state index contributed by atoms with van der Waals surface area (Å²) in [5.41, 5.74) is 7.31. The number of nitrogens with one attached hydrogen (secondary N) is 1. The van der Waals surface area contributed by atoms with Crippen LogP contribution in [0.4, 0.5) is 0 Å². The van der Waals surface area contributed by atoms with Crippen molar-refractivity contribution >= 4 is 17.7 Å². The maximum absolute atomic E-state index is 13.7. The maximum Gasteiger partial charge on any atom is 0.245 e. The molecule has 0 saturated heterocycles. The van der Waals surface area contributed by atoms with Crippen LogP contribution in [-0.4, -0.2) is 66.3 Å². The lowest BCUT2D eigenvalue weighted by molar-refractivity contribution is -0.149. The van der Waals surface area contributed by atoms with Crippen molar-refractivity contribution in [2.24, 2.45) is 23.5 Å². The quantitative estimate of drug-likeness (QED) is 0.419. The van der Waals surface area contributed by atoms with Crippen LogP contribution in [0.25, 0.3) is 0 Å². The van der Waals surface area contributed by atoms with Crippen molar-refractivity contribution in [1.29, 1.82) is 0 Å². The minimum absolute atomic E-state index is 0.167. The van der Waals surface area contributed by atoms with Gasteiger partial charge in [-0.15, -0.1) is 0 Å². The first-order valence-electron chi connectivity index (χ1n) is 13.0. The number of amides is 3. The first kappa shape index (κ1) is 30.6. The van der Waals surface area contributed by atoms with Gasteiger partial charge in [0, 0.05) is 20.6 Å². The second-order valence-corrected chi connectivity index (χ2v) is 11.0. The molecule has 0 bridgehead atoms. The zero-order valence-corrected chi connectivity index (χ0v) is 23.1. The Morgan fingerprint density at radius 2 is 1.26 bits per heavy atom. The molecular weight excluding hydrogens is 440 g/mol. The topological polar surface area (TPSA) is 95.7 Å². The van der Waals surface area contributed by atoms with Crippen molar-refractivity contribution in [3.05, 3.63) is 35.9 Å². The molecule has 198 valence electrons. The van der Waals surface area contributed by atoms with Gasteiger partial charge in [-0.1, -0.05) is 71.9 Å². The monoisotopic (exact) mass is 488 g/mol. The largest absolute Gasteiger partial charge is 0.354 e. The molecule has 1 aromatic carbocycles. The predicted octanol–water partition coefficient (Wildman–Crippen LogP) is 3.46. The number of benzene rings is 1. The van der Waals surface area contributed by atoms with Crippen molar-refractivity contribution in [2.75, 3.05) is 20.6 Å². The zero-order chi connectivity index (χ0) is 26.7. The molecule has 0 unspecified atom stereocenters. The van der Waals surface area contributed by atoms with Gasteiger partial charge in [0.1, 0.15) is 12.1 Å². The third kappa shape index (κ3) is 10.4. The summed E-state index contributed by atoms with van der Waals surface area (Å²) in [5.74, 6) is 0.0576. The Labute approximate surface area is 212 Å². The fourth-order valence-electron chi connectivity index (χ4n) is 4.26. The molecule has 0 aliphatic carbocycles. The lowest BCUT2D eigenvalue weighted by Crippen LogP contribution is -2.57. The van der Waals surface area contributed by atoms with E-state index in [0.29, 0.717) is 25.8 Å². The number of carbonyl (C=O) groups is 3. The van der Waals surface area contributed by atoms with E-state index in [1.165, 1.54) is 9.80 Å². The third-order valence-corrected chi connectivity index (χ3v) is 6.21. The van der Waals surface area contributed by atoms with Crippen molar-refractivity contribution in [1.82, 2.24) is 15.1 Å². The van der Waals surface area contributed by atoms with Crippen LogP contribution in [0.15, 0.2) is 30.3 Å². The van der Waals surface area contributed by atoms with Gasteiger partial charge in [0.25, 0.3) is 0 Å². The maximum atomic E-state index is 13.7. The van der Waals surface area contributed by atoms with Crippen molar-refractivity contribution in [2.45, 2.75) is 85.4 Å². The van der Waals surface area contributed by atoms with Gasteiger partial charge in [-0.3, -0.25) is 14.4 Å². The number of hydrogen-bond acceptors (Lipinski definition) is 4. The van der Waals surface area contributed by atoms with Gasteiger partial charge in [-0.2, -0.15) is 0 Å². The van der Waals surface area contributed by atoms with Crippen LogP contribution in [0.2, 0.25) is 0 Å². The van der Waals surface area contributed by atoms with Gasteiger partial charge in [0.15, 0.2) is 0 Å². The molecule has 1 rings (SSSR count). The Balaban J connectivity index is 3.01. The Bertz CT molecular complexity index is 795. The van der Waals surface area contributed by atoms with Crippen LogP contribution in [0.5, 0.6) is 0 Å². The molecule has 0 saturated carbocycles. The molecule has 0 aliphatic heterocycles. The number of nitrogens with two attached hydrogens (primary N) is 1. The van der Waals surface area contributed by atoms with E-state index < -0.39 is 18.1 Å². The smallest absolute Gasteiger partial charge is 0.245 e. The SMILES string of the molecule is CC(C)C[C@H](N)C(=O)N(C)[C@@H](CC(C)C)C(=O)N(C)[C@@H](CC(C)C)C(=O)NCCc1ccccc1. The Hall–Kier alpha value is -2.41. The molecule has 7 heteroatoms. The van der Waals surface area contributed by atoms with E-state index in [4.69, 9.17) is 5.73 Å². The highest BCUT2D eigenvalue weighted by atomic mass is 16.2. The van der Waals surface area contributed by atoms with Gasteiger partial charge in [0.2, 0.25) is 17.7 Å². The normalized spacial score (nSPS) is 14.1. The molecule has 0 radical (unpaired) electrons. The highest BCUT2D eigenvalue weighted by molar-refractivity contribution is 5.92. The molecule has 0 aliphatic rings. The number of likely N-dealkylation sites (N-methyl/N-ethyl adjacent to an activating group) is 2. The fraction of sp³-hybridized carbons (Fsp3) is 0.679. The van der Waals surface area contributed by atoms with Crippen LogP contribution in [0, 0.1) is 17.8 Å². The van der Waals surface area contributed by atoms with Gasteiger partial charge in [-0.25, -0.2) is 0 Å². The van der Waals surface area contributed by atoms with Gasteiger partial charge in [-0.05, 0) is 49.0 Å². The van der Waals surface area contributed by atoms with Crippen LogP contribution >= 0.6 is 0 Å². The Morgan fingerprint density at radius 3 is 1.77 bits per heavy atom. The second kappa shape index (κ2) is 14.9. The van der Waals surface area contributed by atoms with E-state index in [-0.39, 0.29) is 35.5 Å². The molecule has 35 heavy (non-hydrogen) atoms. The minimum atomic E-state index is -0.669. The zero-order valence-electron chi connectivity index (χ0n) is 23.1. The molecule has 3 atom stereocenters. The lowest BCUT2D eigenvalue weighted by atomic mass is 9.97. The highest BCUT2D eigenvalue weighted by Gasteiger charge is 2.36. The molecule has 0 fully saturated rings. The minimum Gasteiger partial charge on any atom is -0.354 e. The summed E-state index contributed by atoms with van der Waals surface area (Å²) < 4.78 is 0. The van der Waals surface area contributed by atoms with E-state index in [1.807, 2.05) is 71.9 Å². The average molecular weight is 489 g/mol. The molecule has 1 aromatic rings. The van der Waals surface area contributed by atoms with Crippen molar-refractivity contribution in [3.8, 4) is 0 Å². The molecular formula is C28H48N4O3. The van der Waals surface area contributed by atoms with Crippen LogP contribution in [0.3, 0.4) is 0 Å². The molecule has 0 spiro atoms. The van der Waals surface area contributed by atoms with Crippen LogP contribution in [-0.2, 0) is 20.8 Å². The van der Waals surface area contributed by atoms with E-state index in [9.17, 15) is 14.4 Å². The van der Waals surface area contributed by atoms with Gasteiger partial charge < -0.3 is 20.9 Å². The number of carbonyl (C=O) groups excluding carboxylic acids is 3. The first-order chi connectivity index (χ1) is 16.3. The van der Waals surface area contributed by atoms with E-state index in [1.54, 1.807) is 14.1 Å². The summed E-state index contributed by atoms with van der Waals surface area (Å²) in [6.07, 6.45) is 2.32. The molecule has 7 nitrogen and oxygen atoms in total. The average Bonchev–Trinajstić information content (AvgIpc) is 2.79. The van der Waals surface area contributed by atoms with E-state index in [0.717, 1.165) is 12.0 Å². The van der Waals surface area contributed by atoms with Crippen molar-refractivity contribution < 1.29 is 14.4 Å². The summed E-state index contributed by atoms with van der Waals surface area (Å²) in [5, 5.41) is 3.01. The van der Waals surface area contributed by atoms with Gasteiger partial charge >= 0.3 is 0 Å². The predicted molar refractivity (Wildman–Crippen MR) is 143 cm³/mol. The van der Waals surface area contributed by atoms with Gasteiger partial charge in [0.05, 0.1) is 6.04 Å². The standard InChI is InChI=1S/C28H48N4O3/c1-19(2)16-23(29)27(34)32(8)25(18-21(5)6)28(35)31(7)24(17-20(3)4)26(33)30-15-14-22-12-10-9-11-13-22/h9-13,19-21,23-25H,14-18,29H2,1-8H3,(H,30,33)/t23-,24-,25-/m0/s1. The fourth-order valence-corrected chi connectivity index (χ4v) is 4.26. The van der Waals surface area contributed by atoms with E-state index >= 15 is 0 Å².